The molecule has 0 aromatic heterocycles. The molecule has 0 fully saturated rings. The molecule has 306 valence electrons. The molecule has 0 saturated carbocycles. The highest BCUT2D eigenvalue weighted by Gasteiger charge is 2.19. The maximum absolute atomic E-state index is 12.6. The Hall–Kier alpha value is -2.63. The van der Waals surface area contributed by atoms with E-state index in [1.165, 1.54) is 77.0 Å². The molecule has 53 heavy (non-hydrogen) atoms. The molecule has 0 aliphatic carbocycles. The van der Waals surface area contributed by atoms with Gasteiger partial charge >= 0.3 is 17.9 Å². The van der Waals surface area contributed by atoms with Crippen molar-refractivity contribution in [2.75, 3.05) is 13.2 Å². The van der Waals surface area contributed by atoms with E-state index >= 15 is 0 Å². The second-order valence-corrected chi connectivity index (χ2v) is 14.6. The van der Waals surface area contributed by atoms with Crippen molar-refractivity contribution in [3.8, 4) is 0 Å². The van der Waals surface area contributed by atoms with Crippen LogP contribution in [-0.2, 0) is 28.6 Å². The predicted molar refractivity (Wildman–Crippen MR) is 224 cm³/mol. The van der Waals surface area contributed by atoms with Crippen LogP contribution in [0.3, 0.4) is 0 Å². The minimum atomic E-state index is -0.775. The van der Waals surface area contributed by atoms with Gasteiger partial charge in [-0.15, -0.1) is 0 Å². The van der Waals surface area contributed by atoms with E-state index in [2.05, 4.69) is 69.4 Å². The maximum atomic E-state index is 12.6. The Morgan fingerprint density at radius 2 is 0.755 bits per heavy atom. The van der Waals surface area contributed by atoms with Gasteiger partial charge in [-0.1, -0.05) is 172 Å². The Labute approximate surface area is 327 Å². The summed E-state index contributed by atoms with van der Waals surface area (Å²) in [4.78, 5) is 37.5. The topological polar surface area (TPSA) is 78.9 Å². The summed E-state index contributed by atoms with van der Waals surface area (Å²) in [5.74, 6) is -0.909. The van der Waals surface area contributed by atoms with Gasteiger partial charge < -0.3 is 14.2 Å². The van der Waals surface area contributed by atoms with E-state index < -0.39 is 6.10 Å². The Balaban J connectivity index is 4.30. The number of hydrogen-bond acceptors (Lipinski definition) is 6. The Morgan fingerprint density at radius 1 is 0.396 bits per heavy atom. The zero-order chi connectivity index (χ0) is 38.7. The number of unbranched alkanes of at least 4 members (excludes halogenated alkanes) is 20. The van der Waals surface area contributed by atoms with Crippen molar-refractivity contribution in [3.05, 3.63) is 48.6 Å². The molecule has 0 bridgehead atoms. The quantitative estimate of drug-likeness (QED) is 0.0270. The molecule has 1 unspecified atom stereocenters. The van der Waals surface area contributed by atoms with Crippen molar-refractivity contribution in [2.24, 2.45) is 0 Å². The summed E-state index contributed by atoms with van der Waals surface area (Å²) in [5.41, 5.74) is 0. The number of esters is 3. The summed E-state index contributed by atoms with van der Waals surface area (Å²) in [6.45, 7) is 6.42. The highest BCUT2D eigenvalue weighted by molar-refractivity contribution is 5.71. The van der Waals surface area contributed by atoms with Crippen LogP contribution in [0.1, 0.15) is 213 Å². The van der Waals surface area contributed by atoms with E-state index in [0.29, 0.717) is 19.3 Å². The second kappa shape index (κ2) is 42.1. The average molecular weight is 743 g/mol. The van der Waals surface area contributed by atoms with Crippen molar-refractivity contribution in [3.63, 3.8) is 0 Å². The fraction of sp³-hybridized carbons (Fsp3) is 0.766. The molecule has 6 heteroatoms. The molecule has 0 heterocycles. The average Bonchev–Trinajstić information content (AvgIpc) is 3.15. The summed E-state index contributed by atoms with van der Waals surface area (Å²) < 4.78 is 16.6. The van der Waals surface area contributed by atoms with Crippen LogP contribution >= 0.6 is 0 Å². The van der Waals surface area contributed by atoms with Gasteiger partial charge in [-0.05, 0) is 70.6 Å². The first-order chi connectivity index (χ1) is 26.0. The van der Waals surface area contributed by atoms with E-state index in [1.54, 1.807) is 0 Å². The van der Waals surface area contributed by atoms with Gasteiger partial charge in [-0.2, -0.15) is 0 Å². The first kappa shape index (κ1) is 50.4. The van der Waals surface area contributed by atoms with Crippen molar-refractivity contribution in [2.45, 2.75) is 219 Å². The Morgan fingerprint density at radius 3 is 1.23 bits per heavy atom. The number of allylic oxidation sites excluding steroid dienone is 8. The van der Waals surface area contributed by atoms with E-state index in [9.17, 15) is 14.4 Å². The number of carbonyl (C=O) groups is 3. The van der Waals surface area contributed by atoms with Gasteiger partial charge in [-0.25, -0.2) is 0 Å². The monoisotopic (exact) mass is 743 g/mol. The normalized spacial score (nSPS) is 12.4. The smallest absolute Gasteiger partial charge is 0.306 e. The zero-order valence-electron chi connectivity index (χ0n) is 34.8. The SMILES string of the molecule is CC/C=C\C/C=C\C/C=C\CCCCCCCCCC(=O)OCC(COC(=O)CCCCCCCCC)OC(=O)CCCCCCC/C=C\CCCC. The molecule has 6 nitrogen and oxygen atoms in total. The van der Waals surface area contributed by atoms with Crippen LogP contribution in [-0.4, -0.2) is 37.2 Å². The van der Waals surface area contributed by atoms with E-state index in [-0.39, 0.29) is 31.1 Å². The number of hydrogen-bond donors (Lipinski definition) is 0. The lowest BCUT2D eigenvalue weighted by atomic mass is 10.1. The van der Waals surface area contributed by atoms with Crippen molar-refractivity contribution in [1.82, 2.24) is 0 Å². The summed E-state index contributed by atoms with van der Waals surface area (Å²) in [7, 11) is 0. The summed E-state index contributed by atoms with van der Waals surface area (Å²) in [5, 5.41) is 0. The molecular weight excluding hydrogens is 661 g/mol. The van der Waals surface area contributed by atoms with Crippen molar-refractivity contribution >= 4 is 17.9 Å². The molecule has 0 aliphatic heterocycles. The van der Waals surface area contributed by atoms with Crippen LogP contribution in [0.25, 0.3) is 0 Å². The number of carbonyl (C=O) groups excluding carboxylic acids is 3. The lowest BCUT2D eigenvalue weighted by Gasteiger charge is -2.18. The van der Waals surface area contributed by atoms with E-state index in [4.69, 9.17) is 14.2 Å². The first-order valence-electron chi connectivity index (χ1n) is 22.1. The van der Waals surface area contributed by atoms with Crippen LogP contribution in [0, 0.1) is 0 Å². The molecular formula is C47H82O6. The standard InChI is InChI=1S/C47H82O6/c1-4-7-10-13-16-18-20-21-22-23-24-25-27-28-31-34-37-40-46(49)52-43-44(42-51-45(48)39-36-33-30-15-12-9-6-3)53-47(50)41-38-35-32-29-26-19-17-14-11-8-5-2/h7,10,14,16-18,21-22,44H,4-6,8-9,11-13,15,19-20,23-43H2,1-3H3/b10-7-,17-14-,18-16-,22-21-. The third-order valence-corrected chi connectivity index (χ3v) is 9.32. The minimum absolute atomic E-state index is 0.0795. The second-order valence-electron chi connectivity index (χ2n) is 14.6. The van der Waals surface area contributed by atoms with Gasteiger partial charge in [0.25, 0.3) is 0 Å². The van der Waals surface area contributed by atoms with Gasteiger partial charge in [0.2, 0.25) is 0 Å². The molecule has 0 aromatic carbocycles. The van der Waals surface area contributed by atoms with Crippen LogP contribution < -0.4 is 0 Å². The third-order valence-electron chi connectivity index (χ3n) is 9.32. The molecule has 0 rings (SSSR count). The molecule has 0 spiro atoms. The molecule has 0 aliphatic rings. The van der Waals surface area contributed by atoms with Crippen molar-refractivity contribution < 1.29 is 28.6 Å². The van der Waals surface area contributed by atoms with Gasteiger partial charge in [0, 0.05) is 19.3 Å². The van der Waals surface area contributed by atoms with Crippen LogP contribution in [0.5, 0.6) is 0 Å². The van der Waals surface area contributed by atoms with E-state index in [0.717, 1.165) is 96.3 Å². The third kappa shape index (κ3) is 40.4. The largest absolute Gasteiger partial charge is 0.462 e. The summed E-state index contributed by atoms with van der Waals surface area (Å²) >= 11 is 0. The lowest BCUT2D eigenvalue weighted by Crippen LogP contribution is -2.30. The predicted octanol–water partition coefficient (Wildman–Crippen LogP) is 14.0. The maximum Gasteiger partial charge on any atom is 0.306 e. The van der Waals surface area contributed by atoms with Gasteiger partial charge in [0.05, 0.1) is 0 Å². The van der Waals surface area contributed by atoms with Gasteiger partial charge in [-0.3, -0.25) is 14.4 Å². The minimum Gasteiger partial charge on any atom is -0.462 e. The fourth-order valence-corrected chi connectivity index (χ4v) is 5.97. The zero-order valence-corrected chi connectivity index (χ0v) is 34.8. The lowest BCUT2D eigenvalue weighted by molar-refractivity contribution is -0.167. The molecule has 0 amide bonds. The van der Waals surface area contributed by atoms with Crippen LogP contribution in [0.2, 0.25) is 0 Å². The Kier molecular flexibility index (Phi) is 40.0. The highest BCUT2D eigenvalue weighted by Crippen LogP contribution is 2.13. The Bertz CT molecular complexity index is 949. The molecule has 0 radical (unpaired) electrons. The molecule has 0 N–H and O–H groups in total. The highest BCUT2D eigenvalue weighted by atomic mass is 16.6. The first-order valence-corrected chi connectivity index (χ1v) is 22.1. The fourth-order valence-electron chi connectivity index (χ4n) is 5.97. The molecule has 0 saturated heterocycles. The molecule has 0 aromatic rings. The van der Waals surface area contributed by atoms with Crippen LogP contribution in [0.15, 0.2) is 48.6 Å². The van der Waals surface area contributed by atoms with Gasteiger partial charge in [0.15, 0.2) is 6.10 Å². The van der Waals surface area contributed by atoms with E-state index in [1.807, 2.05) is 0 Å². The molecule has 1 atom stereocenters. The van der Waals surface area contributed by atoms with Gasteiger partial charge in [0.1, 0.15) is 13.2 Å². The summed E-state index contributed by atoms with van der Waals surface area (Å²) in [6.07, 6.45) is 48.2. The summed E-state index contributed by atoms with van der Waals surface area (Å²) in [6, 6.07) is 0. The number of ether oxygens (including phenoxy) is 3. The van der Waals surface area contributed by atoms with Crippen molar-refractivity contribution in [1.29, 1.82) is 0 Å². The number of rotatable bonds is 39. The van der Waals surface area contributed by atoms with Crippen LogP contribution in [0.4, 0.5) is 0 Å².